The summed E-state index contributed by atoms with van der Waals surface area (Å²) in [7, 11) is 1.64. The number of carbonyl (C=O) groups is 1. The van der Waals surface area contributed by atoms with Gasteiger partial charge in [-0.3, -0.25) is 9.20 Å². The Morgan fingerprint density at radius 3 is 2.92 bits per heavy atom. The predicted molar refractivity (Wildman–Crippen MR) is 96.1 cm³/mol. The zero-order valence-electron chi connectivity index (χ0n) is 14.8. The van der Waals surface area contributed by atoms with Gasteiger partial charge in [-0.25, -0.2) is 4.98 Å². The Labute approximate surface area is 151 Å². The van der Waals surface area contributed by atoms with Crippen LogP contribution < -0.4 is 9.64 Å². The lowest BCUT2D eigenvalue weighted by Gasteiger charge is -2.35. The molecule has 3 aromatic rings. The molecule has 0 unspecified atom stereocenters. The number of methoxy groups -OCH3 is 1. The van der Waals surface area contributed by atoms with Crippen LogP contribution in [0.15, 0.2) is 36.7 Å². The van der Waals surface area contributed by atoms with Crippen molar-refractivity contribution < 1.29 is 9.53 Å². The van der Waals surface area contributed by atoms with Crippen molar-refractivity contribution in [3.8, 4) is 5.75 Å². The molecule has 0 atom stereocenters. The van der Waals surface area contributed by atoms with Crippen molar-refractivity contribution in [1.29, 1.82) is 0 Å². The standard InChI is InChI=1S/C18H20N6O2/c1-13-20-21-18-17(19-6-7-24(13)18)23-9-8-22(16(25)12-23)11-14-4-3-5-15(10-14)26-2/h3-7,10H,8-9,11-12H2,1-2H3. The number of carbonyl (C=O) groups excluding carboxylic acids is 1. The van der Waals surface area contributed by atoms with Crippen molar-refractivity contribution in [2.45, 2.75) is 13.5 Å². The van der Waals surface area contributed by atoms with Crippen LogP contribution >= 0.6 is 0 Å². The number of rotatable bonds is 4. The highest BCUT2D eigenvalue weighted by Crippen LogP contribution is 2.21. The average molecular weight is 352 g/mol. The molecule has 1 fully saturated rings. The summed E-state index contributed by atoms with van der Waals surface area (Å²) in [6.07, 6.45) is 3.54. The number of piperazine rings is 1. The van der Waals surface area contributed by atoms with Gasteiger partial charge in [0, 0.05) is 32.0 Å². The van der Waals surface area contributed by atoms with Gasteiger partial charge < -0.3 is 14.5 Å². The zero-order valence-corrected chi connectivity index (χ0v) is 14.8. The number of ether oxygens (including phenoxy) is 1. The van der Waals surface area contributed by atoms with Gasteiger partial charge in [0.25, 0.3) is 0 Å². The number of aryl methyl sites for hydroxylation is 1. The van der Waals surface area contributed by atoms with E-state index in [0.29, 0.717) is 31.1 Å². The SMILES string of the molecule is COc1cccc(CN2CCN(c3nccn4c(C)nnc34)CC2=O)c1. The fourth-order valence-electron chi connectivity index (χ4n) is 3.20. The van der Waals surface area contributed by atoms with E-state index in [-0.39, 0.29) is 12.5 Å². The van der Waals surface area contributed by atoms with Crippen molar-refractivity contribution in [3.05, 3.63) is 48.0 Å². The third-order valence-corrected chi connectivity index (χ3v) is 4.60. The Balaban J connectivity index is 1.50. The highest BCUT2D eigenvalue weighted by atomic mass is 16.5. The molecule has 0 saturated carbocycles. The third-order valence-electron chi connectivity index (χ3n) is 4.60. The monoisotopic (exact) mass is 352 g/mol. The highest BCUT2D eigenvalue weighted by molar-refractivity contribution is 5.84. The third kappa shape index (κ3) is 2.94. The van der Waals surface area contributed by atoms with Crippen LogP contribution in [0, 0.1) is 6.92 Å². The summed E-state index contributed by atoms with van der Waals surface area (Å²) in [5.41, 5.74) is 1.73. The van der Waals surface area contributed by atoms with E-state index in [0.717, 1.165) is 17.1 Å². The summed E-state index contributed by atoms with van der Waals surface area (Å²) >= 11 is 0. The first-order chi connectivity index (χ1) is 12.7. The molecule has 8 nitrogen and oxygen atoms in total. The number of anilines is 1. The molecule has 4 rings (SSSR count). The number of nitrogens with zero attached hydrogens (tertiary/aromatic N) is 6. The molecule has 1 amide bonds. The Morgan fingerprint density at radius 1 is 1.23 bits per heavy atom. The second-order valence-corrected chi connectivity index (χ2v) is 6.28. The highest BCUT2D eigenvalue weighted by Gasteiger charge is 2.26. The smallest absolute Gasteiger partial charge is 0.242 e. The van der Waals surface area contributed by atoms with Crippen molar-refractivity contribution in [1.82, 2.24) is 24.5 Å². The maximum absolute atomic E-state index is 12.7. The van der Waals surface area contributed by atoms with E-state index in [1.165, 1.54) is 0 Å². The van der Waals surface area contributed by atoms with Crippen LogP contribution in [-0.4, -0.2) is 57.1 Å². The first-order valence-corrected chi connectivity index (χ1v) is 8.47. The molecule has 0 radical (unpaired) electrons. The maximum Gasteiger partial charge on any atom is 0.242 e. The van der Waals surface area contributed by atoms with E-state index < -0.39 is 0 Å². The quantitative estimate of drug-likeness (QED) is 0.704. The number of hydrogen-bond acceptors (Lipinski definition) is 6. The summed E-state index contributed by atoms with van der Waals surface area (Å²) in [6.45, 7) is 4.08. The molecule has 1 aliphatic heterocycles. The molecule has 0 aliphatic carbocycles. The van der Waals surface area contributed by atoms with Gasteiger partial charge in [0.15, 0.2) is 5.82 Å². The molecule has 0 bridgehead atoms. The molecular formula is C18H20N6O2. The minimum absolute atomic E-state index is 0.0686. The normalized spacial score (nSPS) is 14.9. The van der Waals surface area contributed by atoms with Gasteiger partial charge in [-0.05, 0) is 24.6 Å². The molecule has 26 heavy (non-hydrogen) atoms. The Morgan fingerprint density at radius 2 is 2.12 bits per heavy atom. The molecule has 3 heterocycles. The van der Waals surface area contributed by atoms with Gasteiger partial charge in [0.2, 0.25) is 11.6 Å². The van der Waals surface area contributed by atoms with Crippen molar-refractivity contribution >= 4 is 17.4 Å². The summed E-state index contributed by atoms with van der Waals surface area (Å²) < 4.78 is 7.14. The van der Waals surface area contributed by atoms with Crippen molar-refractivity contribution in [2.24, 2.45) is 0 Å². The summed E-state index contributed by atoms with van der Waals surface area (Å²) in [4.78, 5) is 20.9. The first-order valence-electron chi connectivity index (χ1n) is 8.47. The first kappa shape index (κ1) is 16.3. The fraction of sp³-hybridized carbons (Fsp3) is 0.333. The van der Waals surface area contributed by atoms with Gasteiger partial charge in [-0.15, -0.1) is 10.2 Å². The van der Waals surface area contributed by atoms with Crippen LogP contribution in [0.5, 0.6) is 5.75 Å². The molecule has 8 heteroatoms. The van der Waals surface area contributed by atoms with Crippen molar-refractivity contribution in [3.63, 3.8) is 0 Å². The van der Waals surface area contributed by atoms with E-state index in [4.69, 9.17) is 4.74 Å². The molecule has 1 saturated heterocycles. The summed E-state index contributed by atoms with van der Waals surface area (Å²) in [5.74, 6) is 2.36. The molecule has 1 aliphatic rings. The van der Waals surface area contributed by atoms with Gasteiger partial charge in [-0.2, -0.15) is 0 Å². The van der Waals surface area contributed by atoms with Crippen LogP contribution in [0.4, 0.5) is 5.82 Å². The van der Waals surface area contributed by atoms with E-state index >= 15 is 0 Å². The maximum atomic E-state index is 12.7. The average Bonchev–Trinajstić information content (AvgIpc) is 3.05. The number of hydrogen-bond donors (Lipinski definition) is 0. The lowest BCUT2D eigenvalue weighted by Crippen LogP contribution is -2.50. The Kier molecular flexibility index (Phi) is 4.16. The van der Waals surface area contributed by atoms with Crippen LogP contribution in [0.2, 0.25) is 0 Å². The lowest BCUT2D eigenvalue weighted by molar-refractivity contribution is -0.131. The van der Waals surface area contributed by atoms with Crippen LogP contribution in [0.3, 0.4) is 0 Å². The van der Waals surface area contributed by atoms with E-state index in [2.05, 4.69) is 15.2 Å². The molecule has 134 valence electrons. The topological polar surface area (TPSA) is 75.9 Å². The van der Waals surface area contributed by atoms with Gasteiger partial charge in [0.1, 0.15) is 11.6 Å². The molecule has 0 N–H and O–H groups in total. The van der Waals surface area contributed by atoms with Crippen LogP contribution in [0.1, 0.15) is 11.4 Å². The van der Waals surface area contributed by atoms with Gasteiger partial charge in [-0.1, -0.05) is 12.1 Å². The van der Waals surface area contributed by atoms with Crippen molar-refractivity contribution in [2.75, 3.05) is 31.6 Å². The largest absolute Gasteiger partial charge is 0.497 e. The number of benzene rings is 1. The van der Waals surface area contributed by atoms with Crippen LogP contribution in [0.25, 0.3) is 5.65 Å². The lowest BCUT2D eigenvalue weighted by atomic mass is 10.2. The minimum atomic E-state index is 0.0686. The Hall–Kier alpha value is -3.16. The van der Waals surface area contributed by atoms with Gasteiger partial charge in [0.05, 0.1) is 13.7 Å². The Bertz CT molecular complexity index is 954. The summed E-state index contributed by atoms with van der Waals surface area (Å²) in [6, 6.07) is 7.80. The van der Waals surface area contributed by atoms with E-state index in [9.17, 15) is 4.79 Å². The molecule has 0 spiro atoms. The van der Waals surface area contributed by atoms with E-state index in [1.807, 2.05) is 51.6 Å². The fourth-order valence-corrected chi connectivity index (χ4v) is 3.20. The second-order valence-electron chi connectivity index (χ2n) is 6.28. The summed E-state index contributed by atoms with van der Waals surface area (Å²) in [5, 5.41) is 8.29. The van der Waals surface area contributed by atoms with Crippen LogP contribution in [-0.2, 0) is 11.3 Å². The number of aromatic nitrogens is 4. The number of amides is 1. The second kappa shape index (κ2) is 6.62. The van der Waals surface area contributed by atoms with Gasteiger partial charge >= 0.3 is 0 Å². The molecule has 2 aromatic heterocycles. The zero-order chi connectivity index (χ0) is 18.1. The minimum Gasteiger partial charge on any atom is -0.497 e. The number of fused-ring (bicyclic) bond motifs is 1. The molecule has 1 aromatic carbocycles. The molecular weight excluding hydrogens is 332 g/mol. The van der Waals surface area contributed by atoms with E-state index in [1.54, 1.807) is 13.3 Å². The predicted octanol–water partition coefficient (Wildman–Crippen LogP) is 1.29.